The summed E-state index contributed by atoms with van der Waals surface area (Å²) in [7, 11) is 0. The molecular formula is C17H22N2O3. The Morgan fingerprint density at radius 3 is 2.77 bits per heavy atom. The van der Waals surface area contributed by atoms with Crippen molar-refractivity contribution in [3.05, 3.63) is 52.8 Å². The molecule has 1 heterocycles. The largest absolute Gasteiger partial charge is 0.461 e. The summed E-state index contributed by atoms with van der Waals surface area (Å²) < 4.78 is 6.61. The lowest BCUT2D eigenvalue weighted by Crippen LogP contribution is -2.17. The van der Waals surface area contributed by atoms with E-state index in [1.807, 2.05) is 19.1 Å². The standard InChI is InChI=1S/C17H22N2O3/c1-4-7-13(8-5-2)19-14(11-12-9-10-12)15(18-17(19)21)16(20)22-6-3/h4-5,7-8,12H,1,6,9-11H2,2-3H3,(H,18,21)/b8-5-,13-7+. The number of H-pyrrole nitrogens is 1. The predicted octanol–water partition coefficient (Wildman–Crippen LogP) is 2.91. The molecule has 2 rings (SSSR count). The van der Waals surface area contributed by atoms with Crippen molar-refractivity contribution in [1.82, 2.24) is 9.55 Å². The molecule has 1 N–H and O–H groups in total. The Labute approximate surface area is 130 Å². The molecule has 0 aromatic carbocycles. The highest BCUT2D eigenvalue weighted by atomic mass is 16.5. The van der Waals surface area contributed by atoms with Crippen LogP contribution in [0.2, 0.25) is 0 Å². The van der Waals surface area contributed by atoms with Crippen LogP contribution in [0.15, 0.2) is 35.7 Å². The molecule has 1 aromatic rings. The molecule has 0 atom stereocenters. The number of rotatable bonds is 7. The quantitative estimate of drug-likeness (QED) is 0.622. The normalized spacial score (nSPS) is 15.3. The topological polar surface area (TPSA) is 64.1 Å². The summed E-state index contributed by atoms with van der Waals surface area (Å²) in [5.41, 5.74) is 1.31. The number of esters is 1. The number of carbonyl (C=O) groups excluding carboxylic acids is 1. The SMILES string of the molecule is C=C/C=C(\C=C/C)n1c(CC2CC2)c(C(=O)OCC)[nH]c1=O. The highest BCUT2D eigenvalue weighted by Crippen LogP contribution is 2.33. The van der Waals surface area contributed by atoms with Gasteiger partial charge in [0.2, 0.25) is 0 Å². The zero-order valence-electron chi connectivity index (χ0n) is 13.1. The van der Waals surface area contributed by atoms with Crippen LogP contribution >= 0.6 is 0 Å². The van der Waals surface area contributed by atoms with Gasteiger partial charge in [-0.15, -0.1) is 0 Å². The molecule has 22 heavy (non-hydrogen) atoms. The first-order chi connectivity index (χ1) is 10.6. The molecule has 118 valence electrons. The summed E-state index contributed by atoms with van der Waals surface area (Å²) in [5, 5.41) is 0. The van der Waals surface area contributed by atoms with Gasteiger partial charge in [0.1, 0.15) is 5.69 Å². The lowest BCUT2D eigenvalue weighted by Gasteiger charge is -2.09. The molecule has 0 spiro atoms. The van der Waals surface area contributed by atoms with Gasteiger partial charge in [0.25, 0.3) is 0 Å². The molecule has 0 radical (unpaired) electrons. The second-order valence-electron chi connectivity index (χ2n) is 5.28. The summed E-state index contributed by atoms with van der Waals surface area (Å²) in [6.07, 6.45) is 10.00. The fraction of sp³-hybridized carbons (Fsp3) is 0.412. The Hall–Kier alpha value is -2.30. The van der Waals surface area contributed by atoms with E-state index in [9.17, 15) is 9.59 Å². The minimum atomic E-state index is -0.479. The van der Waals surface area contributed by atoms with Crippen LogP contribution in [-0.4, -0.2) is 22.1 Å². The van der Waals surface area contributed by atoms with Crippen LogP contribution in [0.25, 0.3) is 5.70 Å². The van der Waals surface area contributed by atoms with Crippen molar-refractivity contribution < 1.29 is 9.53 Å². The molecule has 5 nitrogen and oxygen atoms in total. The number of imidazole rings is 1. The number of allylic oxidation sites excluding steroid dienone is 5. The zero-order chi connectivity index (χ0) is 16.1. The van der Waals surface area contributed by atoms with E-state index in [1.54, 1.807) is 23.6 Å². The van der Waals surface area contributed by atoms with E-state index >= 15 is 0 Å². The van der Waals surface area contributed by atoms with E-state index in [0.717, 1.165) is 12.8 Å². The third-order valence-corrected chi connectivity index (χ3v) is 3.54. The van der Waals surface area contributed by atoms with Crippen LogP contribution < -0.4 is 5.69 Å². The van der Waals surface area contributed by atoms with Gasteiger partial charge in [0, 0.05) is 0 Å². The number of carbonyl (C=O) groups is 1. The van der Waals surface area contributed by atoms with Crippen molar-refractivity contribution in [2.75, 3.05) is 6.61 Å². The van der Waals surface area contributed by atoms with Crippen LogP contribution in [0.3, 0.4) is 0 Å². The van der Waals surface area contributed by atoms with E-state index in [-0.39, 0.29) is 18.0 Å². The van der Waals surface area contributed by atoms with E-state index in [1.165, 1.54) is 0 Å². The van der Waals surface area contributed by atoms with Crippen molar-refractivity contribution >= 4 is 11.7 Å². The van der Waals surface area contributed by atoms with Gasteiger partial charge in [-0.3, -0.25) is 9.55 Å². The Balaban J connectivity index is 2.55. The van der Waals surface area contributed by atoms with Gasteiger partial charge in [0.05, 0.1) is 18.0 Å². The predicted molar refractivity (Wildman–Crippen MR) is 86.7 cm³/mol. The average Bonchev–Trinajstić information content (AvgIpc) is 3.22. The van der Waals surface area contributed by atoms with Gasteiger partial charge in [-0.25, -0.2) is 9.59 Å². The Morgan fingerprint density at radius 2 is 2.23 bits per heavy atom. The van der Waals surface area contributed by atoms with Gasteiger partial charge < -0.3 is 4.74 Å². The summed E-state index contributed by atoms with van der Waals surface area (Å²) in [6.45, 7) is 7.58. The minimum Gasteiger partial charge on any atom is -0.461 e. The fourth-order valence-corrected chi connectivity index (χ4v) is 2.40. The van der Waals surface area contributed by atoms with Crippen LogP contribution in [0.5, 0.6) is 0 Å². The maximum absolute atomic E-state index is 12.4. The van der Waals surface area contributed by atoms with E-state index in [0.29, 0.717) is 23.7 Å². The third kappa shape index (κ3) is 3.47. The first-order valence-electron chi connectivity index (χ1n) is 7.59. The minimum absolute atomic E-state index is 0.262. The van der Waals surface area contributed by atoms with Crippen molar-refractivity contribution in [2.24, 2.45) is 5.92 Å². The lowest BCUT2D eigenvalue weighted by atomic mass is 10.1. The highest BCUT2D eigenvalue weighted by molar-refractivity contribution is 5.89. The molecule has 0 bridgehead atoms. The first-order valence-corrected chi connectivity index (χ1v) is 7.59. The second kappa shape index (κ2) is 7.11. The summed E-state index contributed by atoms with van der Waals surface area (Å²) >= 11 is 0. The van der Waals surface area contributed by atoms with Gasteiger partial charge in [-0.05, 0) is 51.2 Å². The zero-order valence-corrected chi connectivity index (χ0v) is 13.1. The number of aromatic amines is 1. The van der Waals surface area contributed by atoms with Crippen LogP contribution in [0.1, 0.15) is 42.9 Å². The smallest absolute Gasteiger partial charge is 0.356 e. The maximum atomic E-state index is 12.4. The lowest BCUT2D eigenvalue weighted by molar-refractivity contribution is 0.0518. The molecule has 1 saturated carbocycles. The van der Waals surface area contributed by atoms with Crippen molar-refractivity contribution in [2.45, 2.75) is 33.1 Å². The Morgan fingerprint density at radius 1 is 1.50 bits per heavy atom. The molecule has 0 amide bonds. The monoisotopic (exact) mass is 302 g/mol. The number of nitrogens with one attached hydrogen (secondary N) is 1. The Kier molecular flexibility index (Phi) is 5.20. The van der Waals surface area contributed by atoms with Crippen molar-refractivity contribution in [1.29, 1.82) is 0 Å². The van der Waals surface area contributed by atoms with Gasteiger partial charge in [0.15, 0.2) is 0 Å². The number of nitrogens with zero attached hydrogens (tertiary/aromatic N) is 1. The van der Waals surface area contributed by atoms with E-state index in [4.69, 9.17) is 4.74 Å². The molecule has 0 unspecified atom stereocenters. The van der Waals surface area contributed by atoms with Crippen molar-refractivity contribution in [3.8, 4) is 0 Å². The van der Waals surface area contributed by atoms with Gasteiger partial charge >= 0.3 is 11.7 Å². The average molecular weight is 302 g/mol. The maximum Gasteiger partial charge on any atom is 0.356 e. The highest BCUT2D eigenvalue weighted by Gasteiger charge is 2.29. The van der Waals surface area contributed by atoms with Crippen LogP contribution in [0.4, 0.5) is 0 Å². The summed E-state index contributed by atoms with van der Waals surface area (Å²) in [5.74, 6) is 0.0534. The molecule has 5 heteroatoms. The van der Waals surface area contributed by atoms with Gasteiger partial charge in [-0.1, -0.05) is 18.7 Å². The Bertz CT molecular complexity index is 673. The molecule has 1 fully saturated rings. The number of hydrogen-bond acceptors (Lipinski definition) is 3. The van der Waals surface area contributed by atoms with Gasteiger partial charge in [-0.2, -0.15) is 0 Å². The molecule has 0 aliphatic heterocycles. The number of hydrogen-bond donors (Lipinski definition) is 1. The molecule has 1 aliphatic rings. The second-order valence-corrected chi connectivity index (χ2v) is 5.28. The molecule has 1 aliphatic carbocycles. The fourth-order valence-electron chi connectivity index (χ4n) is 2.40. The summed E-state index contributed by atoms with van der Waals surface area (Å²) in [4.78, 5) is 27.1. The van der Waals surface area contributed by atoms with Crippen molar-refractivity contribution in [3.63, 3.8) is 0 Å². The first kappa shape index (κ1) is 16.1. The van der Waals surface area contributed by atoms with E-state index in [2.05, 4.69) is 11.6 Å². The number of ether oxygens (including phenoxy) is 1. The van der Waals surface area contributed by atoms with Crippen LogP contribution in [-0.2, 0) is 11.2 Å². The summed E-state index contributed by atoms with van der Waals surface area (Å²) in [6, 6.07) is 0. The molecular weight excluding hydrogens is 280 g/mol. The van der Waals surface area contributed by atoms with Crippen LogP contribution in [0, 0.1) is 5.92 Å². The van der Waals surface area contributed by atoms with E-state index < -0.39 is 5.97 Å². The third-order valence-electron chi connectivity index (χ3n) is 3.54. The number of aromatic nitrogens is 2. The molecule has 0 saturated heterocycles. The molecule has 1 aromatic heterocycles.